The Kier molecular flexibility index (Phi) is 6.58. The predicted octanol–water partition coefficient (Wildman–Crippen LogP) is 5.69. The second kappa shape index (κ2) is 8.66. The van der Waals surface area contributed by atoms with E-state index in [-0.39, 0.29) is 5.97 Å². The molecule has 0 atom stereocenters. The molecule has 0 aliphatic carbocycles. The summed E-state index contributed by atoms with van der Waals surface area (Å²) in [6, 6.07) is 10.2. The molecule has 0 fully saturated rings. The van der Waals surface area contributed by atoms with E-state index in [1.807, 2.05) is 31.2 Å². The van der Waals surface area contributed by atoms with Crippen molar-refractivity contribution in [2.45, 2.75) is 47.0 Å². The van der Waals surface area contributed by atoms with Crippen molar-refractivity contribution < 1.29 is 9.53 Å². The number of ether oxygens (including phenoxy) is 1. The van der Waals surface area contributed by atoms with Gasteiger partial charge < -0.3 is 4.74 Å². The van der Waals surface area contributed by atoms with Gasteiger partial charge in [-0.05, 0) is 66.5 Å². The van der Waals surface area contributed by atoms with Crippen LogP contribution in [0.15, 0.2) is 43.0 Å². The molecule has 0 radical (unpaired) electrons. The molecule has 25 heavy (non-hydrogen) atoms. The van der Waals surface area contributed by atoms with E-state index in [2.05, 4.69) is 39.5 Å². The van der Waals surface area contributed by atoms with Gasteiger partial charge in [0.15, 0.2) is 0 Å². The summed E-state index contributed by atoms with van der Waals surface area (Å²) in [5.74, 6) is -0.224. The Hall–Kier alpha value is -2.35. The Morgan fingerprint density at radius 2 is 1.68 bits per heavy atom. The first-order valence-corrected chi connectivity index (χ1v) is 9.11. The van der Waals surface area contributed by atoms with Gasteiger partial charge in [0.25, 0.3) is 0 Å². The summed E-state index contributed by atoms with van der Waals surface area (Å²) < 4.78 is 5.44. The van der Waals surface area contributed by atoms with Gasteiger partial charge in [-0.1, -0.05) is 50.3 Å². The lowest BCUT2D eigenvalue weighted by atomic mass is 9.81. The lowest BCUT2D eigenvalue weighted by molar-refractivity contribution is 0.0526. The Morgan fingerprint density at radius 3 is 2.20 bits per heavy atom. The van der Waals surface area contributed by atoms with Crippen LogP contribution in [-0.2, 0) is 24.0 Å². The summed E-state index contributed by atoms with van der Waals surface area (Å²) in [6.07, 6.45) is 4.35. The van der Waals surface area contributed by atoms with Gasteiger partial charge >= 0.3 is 5.97 Å². The zero-order valence-electron chi connectivity index (χ0n) is 15.8. The van der Waals surface area contributed by atoms with Gasteiger partial charge in [-0.25, -0.2) is 4.79 Å². The van der Waals surface area contributed by atoms with Crippen LogP contribution in [0.3, 0.4) is 0 Å². The van der Waals surface area contributed by atoms with Gasteiger partial charge in [0, 0.05) is 0 Å². The smallest absolute Gasteiger partial charge is 0.339 e. The van der Waals surface area contributed by atoms with E-state index in [1.165, 1.54) is 16.7 Å². The number of carbonyl (C=O) groups excluding carboxylic acids is 1. The molecule has 2 rings (SSSR count). The average Bonchev–Trinajstić information content (AvgIpc) is 2.63. The van der Waals surface area contributed by atoms with Crippen LogP contribution in [0.25, 0.3) is 11.1 Å². The van der Waals surface area contributed by atoms with Crippen molar-refractivity contribution in [1.29, 1.82) is 0 Å². The zero-order valence-corrected chi connectivity index (χ0v) is 15.8. The van der Waals surface area contributed by atoms with E-state index in [0.717, 1.165) is 41.5 Å². The van der Waals surface area contributed by atoms with E-state index < -0.39 is 0 Å². The number of allylic oxidation sites excluding steroid dienone is 1. The van der Waals surface area contributed by atoms with Crippen LogP contribution in [0.5, 0.6) is 0 Å². The predicted molar refractivity (Wildman–Crippen MR) is 105 cm³/mol. The van der Waals surface area contributed by atoms with E-state index in [0.29, 0.717) is 6.61 Å². The van der Waals surface area contributed by atoms with Crippen LogP contribution in [0, 0.1) is 6.92 Å². The third-order valence-corrected chi connectivity index (χ3v) is 4.72. The molecule has 0 spiro atoms. The normalized spacial score (nSPS) is 10.6. The molecule has 0 unspecified atom stereocenters. The maximum Gasteiger partial charge on any atom is 0.339 e. The summed E-state index contributed by atoms with van der Waals surface area (Å²) >= 11 is 0. The summed E-state index contributed by atoms with van der Waals surface area (Å²) in [6.45, 7) is 12.5. The molecule has 0 aromatic heterocycles. The third kappa shape index (κ3) is 3.68. The third-order valence-electron chi connectivity index (χ3n) is 4.72. The molecule has 0 aliphatic rings. The first kappa shape index (κ1) is 19.0. The number of hydrogen-bond acceptors (Lipinski definition) is 2. The van der Waals surface area contributed by atoms with Gasteiger partial charge in [0.05, 0.1) is 12.2 Å². The van der Waals surface area contributed by atoms with Crippen molar-refractivity contribution in [3.05, 3.63) is 70.8 Å². The second-order valence-corrected chi connectivity index (χ2v) is 6.10. The van der Waals surface area contributed by atoms with Gasteiger partial charge in [-0.15, -0.1) is 6.58 Å². The van der Waals surface area contributed by atoms with Crippen LogP contribution in [0.2, 0.25) is 0 Å². The van der Waals surface area contributed by atoms with Crippen molar-refractivity contribution in [3.63, 3.8) is 0 Å². The molecule has 0 bridgehead atoms. The molecule has 0 amide bonds. The standard InChI is InChI=1S/C23H28O2/c1-6-13-20-16(5)18(7-2)21(17-14-11-10-12-15-17)22(19(20)8-3)23(24)25-9-4/h6,10-12,14-15H,1,7-9,13H2,2-5H3. The van der Waals surface area contributed by atoms with Gasteiger partial charge in [0.1, 0.15) is 0 Å². The topological polar surface area (TPSA) is 26.3 Å². The molecule has 0 aliphatic heterocycles. The Balaban J connectivity index is 2.94. The van der Waals surface area contributed by atoms with Crippen molar-refractivity contribution in [2.75, 3.05) is 6.61 Å². The highest BCUT2D eigenvalue weighted by Crippen LogP contribution is 2.37. The largest absolute Gasteiger partial charge is 0.462 e. The summed E-state index contributed by atoms with van der Waals surface area (Å²) in [5.41, 5.74) is 7.64. The van der Waals surface area contributed by atoms with Crippen molar-refractivity contribution >= 4 is 5.97 Å². The Labute approximate surface area is 151 Å². The molecule has 0 saturated carbocycles. The van der Waals surface area contributed by atoms with Crippen LogP contribution < -0.4 is 0 Å². The van der Waals surface area contributed by atoms with E-state index in [9.17, 15) is 4.79 Å². The fraction of sp³-hybridized carbons (Fsp3) is 0.348. The molecule has 0 heterocycles. The zero-order chi connectivity index (χ0) is 18.4. The highest BCUT2D eigenvalue weighted by molar-refractivity contribution is 6.01. The minimum Gasteiger partial charge on any atom is -0.462 e. The van der Waals surface area contributed by atoms with Gasteiger partial charge in [-0.3, -0.25) is 0 Å². The first-order chi connectivity index (χ1) is 12.1. The highest BCUT2D eigenvalue weighted by atomic mass is 16.5. The molecule has 2 aromatic rings. The lowest BCUT2D eigenvalue weighted by Crippen LogP contribution is -2.15. The van der Waals surface area contributed by atoms with E-state index in [4.69, 9.17) is 4.74 Å². The second-order valence-electron chi connectivity index (χ2n) is 6.10. The minimum absolute atomic E-state index is 0.224. The van der Waals surface area contributed by atoms with Crippen molar-refractivity contribution in [2.24, 2.45) is 0 Å². The number of esters is 1. The van der Waals surface area contributed by atoms with E-state index >= 15 is 0 Å². The van der Waals surface area contributed by atoms with E-state index in [1.54, 1.807) is 0 Å². The summed E-state index contributed by atoms with van der Waals surface area (Å²) in [5, 5.41) is 0. The van der Waals surface area contributed by atoms with Crippen LogP contribution in [0.4, 0.5) is 0 Å². The van der Waals surface area contributed by atoms with Crippen molar-refractivity contribution in [3.8, 4) is 11.1 Å². The summed E-state index contributed by atoms with van der Waals surface area (Å²) in [7, 11) is 0. The van der Waals surface area contributed by atoms with Crippen LogP contribution in [0.1, 0.15) is 53.4 Å². The molecule has 0 saturated heterocycles. The maximum atomic E-state index is 12.9. The number of benzene rings is 2. The fourth-order valence-corrected chi connectivity index (χ4v) is 3.65. The maximum absolute atomic E-state index is 12.9. The monoisotopic (exact) mass is 336 g/mol. The fourth-order valence-electron chi connectivity index (χ4n) is 3.65. The van der Waals surface area contributed by atoms with Crippen LogP contribution >= 0.6 is 0 Å². The van der Waals surface area contributed by atoms with Gasteiger partial charge in [-0.2, -0.15) is 0 Å². The Morgan fingerprint density at radius 1 is 1.04 bits per heavy atom. The number of hydrogen-bond donors (Lipinski definition) is 0. The highest BCUT2D eigenvalue weighted by Gasteiger charge is 2.25. The number of rotatable bonds is 7. The SMILES string of the molecule is C=CCc1c(C)c(CC)c(-c2ccccc2)c(C(=O)OCC)c1CC. The summed E-state index contributed by atoms with van der Waals surface area (Å²) in [4.78, 5) is 12.9. The molecule has 2 heteroatoms. The van der Waals surface area contributed by atoms with Crippen molar-refractivity contribution in [1.82, 2.24) is 0 Å². The first-order valence-electron chi connectivity index (χ1n) is 9.11. The lowest BCUT2D eigenvalue weighted by Gasteiger charge is -2.23. The van der Waals surface area contributed by atoms with Gasteiger partial charge in [0.2, 0.25) is 0 Å². The molecule has 2 aromatic carbocycles. The molecule has 0 N–H and O–H groups in total. The van der Waals surface area contributed by atoms with Crippen LogP contribution in [-0.4, -0.2) is 12.6 Å². The Bertz CT molecular complexity index is 758. The minimum atomic E-state index is -0.224. The molecule has 2 nitrogen and oxygen atoms in total. The molecular weight excluding hydrogens is 308 g/mol. The molecular formula is C23H28O2. The average molecular weight is 336 g/mol. The molecule has 132 valence electrons. The quantitative estimate of drug-likeness (QED) is 0.479. The number of carbonyl (C=O) groups is 1.